The maximum absolute atomic E-state index is 13.4. The summed E-state index contributed by atoms with van der Waals surface area (Å²) in [7, 11) is 0. The number of amides is 2. The number of carbonyl (C=O) groups is 3. The summed E-state index contributed by atoms with van der Waals surface area (Å²) in [6.07, 6.45) is 1.60. The van der Waals surface area contributed by atoms with E-state index in [1.807, 2.05) is 74.5 Å². The largest absolute Gasteiger partial charge is 0.481 e. The summed E-state index contributed by atoms with van der Waals surface area (Å²) in [6, 6.07) is 20.8. The van der Waals surface area contributed by atoms with Gasteiger partial charge in [-0.25, -0.2) is 0 Å². The van der Waals surface area contributed by atoms with E-state index in [1.165, 1.54) is 11.8 Å². The average molecular weight is 537 g/mol. The molecule has 0 aliphatic carbocycles. The second-order valence-corrected chi connectivity index (χ2v) is 10.5. The molecule has 0 radical (unpaired) electrons. The molecule has 2 aromatic carbocycles. The molecule has 0 spiro atoms. The molecule has 0 saturated carbocycles. The van der Waals surface area contributed by atoms with Crippen molar-refractivity contribution in [2.45, 2.75) is 57.6 Å². The minimum atomic E-state index is -0.800. The van der Waals surface area contributed by atoms with Crippen LogP contribution in [0.2, 0.25) is 0 Å². The van der Waals surface area contributed by atoms with Gasteiger partial charge in [0.1, 0.15) is 17.6 Å². The molecule has 1 heterocycles. The second kappa shape index (κ2) is 15.0. The Kier molecular flexibility index (Phi) is 11.5. The first-order valence-electron chi connectivity index (χ1n) is 12.8. The van der Waals surface area contributed by atoms with E-state index >= 15 is 0 Å². The molecule has 0 aliphatic heterocycles. The zero-order chi connectivity index (χ0) is 27.3. The Hall–Kier alpha value is -3.52. The lowest BCUT2D eigenvalue weighted by atomic mass is 10.00. The normalized spacial score (nSPS) is 13.4. The van der Waals surface area contributed by atoms with Crippen LogP contribution in [0.3, 0.4) is 0 Å². The van der Waals surface area contributed by atoms with Gasteiger partial charge < -0.3 is 19.8 Å². The van der Waals surface area contributed by atoms with Crippen LogP contribution in [0.5, 0.6) is 5.75 Å². The summed E-state index contributed by atoms with van der Waals surface area (Å²) in [6.45, 7) is 5.60. The number of ketones is 1. The quantitative estimate of drug-likeness (QED) is 0.289. The lowest BCUT2D eigenvalue weighted by Crippen LogP contribution is -2.54. The molecule has 2 amide bonds. The van der Waals surface area contributed by atoms with Crippen LogP contribution >= 0.6 is 11.8 Å². The van der Waals surface area contributed by atoms with E-state index in [-0.39, 0.29) is 23.4 Å². The summed E-state index contributed by atoms with van der Waals surface area (Å²) >= 11 is 1.44. The molecule has 2 N–H and O–H groups in total. The van der Waals surface area contributed by atoms with Crippen LogP contribution in [0.4, 0.5) is 0 Å². The van der Waals surface area contributed by atoms with Gasteiger partial charge in [0.05, 0.1) is 23.8 Å². The molecule has 1 aromatic heterocycles. The van der Waals surface area contributed by atoms with Crippen LogP contribution in [-0.2, 0) is 26.6 Å². The summed E-state index contributed by atoms with van der Waals surface area (Å²) in [5.74, 6) is 1.42. The molecule has 38 heavy (non-hydrogen) atoms. The summed E-state index contributed by atoms with van der Waals surface area (Å²) in [4.78, 5) is 39.5. The number of carbonyl (C=O) groups excluding carboxylic acids is 3. The Morgan fingerprint density at radius 1 is 0.842 bits per heavy atom. The van der Waals surface area contributed by atoms with E-state index in [0.717, 1.165) is 11.3 Å². The Bertz CT molecular complexity index is 1140. The van der Waals surface area contributed by atoms with Gasteiger partial charge in [-0.05, 0) is 55.5 Å². The molecule has 0 saturated heterocycles. The lowest BCUT2D eigenvalue weighted by Gasteiger charge is -2.25. The van der Waals surface area contributed by atoms with Gasteiger partial charge >= 0.3 is 0 Å². The summed E-state index contributed by atoms with van der Waals surface area (Å²) in [5.41, 5.74) is 0.941. The van der Waals surface area contributed by atoms with Gasteiger partial charge in [-0.3, -0.25) is 14.4 Å². The van der Waals surface area contributed by atoms with Crippen molar-refractivity contribution in [2.75, 3.05) is 5.75 Å². The number of nitrogens with one attached hydrogen (secondary N) is 2. The molecule has 0 fully saturated rings. The van der Waals surface area contributed by atoms with Crippen molar-refractivity contribution in [3.8, 4) is 5.75 Å². The Morgan fingerprint density at radius 3 is 2.13 bits per heavy atom. The van der Waals surface area contributed by atoms with Crippen molar-refractivity contribution in [3.63, 3.8) is 0 Å². The lowest BCUT2D eigenvalue weighted by molar-refractivity contribution is -0.134. The second-order valence-electron chi connectivity index (χ2n) is 9.55. The predicted molar refractivity (Wildman–Crippen MR) is 150 cm³/mol. The zero-order valence-corrected chi connectivity index (χ0v) is 22.9. The maximum Gasteiger partial charge on any atom is 0.261 e. The standard InChI is InChI=1S/C30H36N2O5S/c1-21(2)17-27(32-29(34)22(3)37-24-13-8-5-9-14-24)30(35)31-26(18-23-11-6-4-7-12-23)28(33)20-38-19-25-15-10-16-36-25/h4-16,21-22,26-27H,17-20H2,1-3H3,(H,31,35)(H,32,34)/t22-,26-,27?/m0/s1. The van der Waals surface area contributed by atoms with E-state index in [1.54, 1.807) is 25.3 Å². The number of Topliss-reactive ketones (excluding diaryl/α,β-unsaturated/α-hetero) is 1. The van der Waals surface area contributed by atoms with Crippen LogP contribution < -0.4 is 15.4 Å². The van der Waals surface area contributed by atoms with E-state index in [9.17, 15) is 14.4 Å². The van der Waals surface area contributed by atoms with Gasteiger partial charge in [0, 0.05) is 0 Å². The van der Waals surface area contributed by atoms with Gasteiger partial charge in [-0.15, -0.1) is 11.8 Å². The third kappa shape index (κ3) is 9.74. The highest BCUT2D eigenvalue weighted by Crippen LogP contribution is 2.15. The topological polar surface area (TPSA) is 97.6 Å². The number of benzene rings is 2. The van der Waals surface area contributed by atoms with E-state index in [2.05, 4.69) is 10.6 Å². The monoisotopic (exact) mass is 536 g/mol. The van der Waals surface area contributed by atoms with Crippen LogP contribution in [0.25, 0.3) is 0 Å². The number of rotatable bonds is 15. The fourth-order valence-corrected chi connectivity index (χ4v) is 4.73. The molecule has 8 heteroatoms. The molecular formula is C30H36N2O5S. The van der Waals surface area contributed by atoms with Crippen molar-refractivity contribution in [2.24, 2.45) is 5.92 Å². The predicted octanol–water partition coefficient (Wildman–Crippen LogP) is 4.81. The third-order valence-electron chi connectivity index (χ3n) is 5.82. The first kappa shape index (κ1) is 29.0. The highest BCUT2D eigenvalue weighted by Gasteiger charge is 2.29. The highest BCUT2D eigenvalue weighted by molar-refractivity contribution is 7.99. The number of thioether (sulfide) groups is 1. The molecule has 3 rings (SSSR count). The molecule has 0 aliphatic rings. The van der Waals surface area contributed by atoms with Crippen LogP contribution in [0.15, 0.2) is 83.5 Å². The molecule has 202 valence electrons. The molecule has 0 bridgehead atoms. The van der Waals surface area contributed by atoms with Crippen molar-refractivity contribution in [3.05, 3.63) is 90.4 Å². The van der Waals surface area contributed by atoms with Crippen molar-refractivity contribution < 1.29 is 23.5 Å². The number of para-hydroxylation sites is 1. The van der Waals surface area contributed by atoms with Crippen LogP contribution in [0, 0.1) is 5.92 Å². The molecule has 7 nitrogen and oxygen atoms in total. The van der Waals surface area contributed by atoms with Crippen LogP contribution in [0.1, 0.15) is 38.5 Å². The van der Waals surface area contributed by atoms with Crippen molar-refractivity contribution in [1.29, 1.82) is 0 Å². The van der Waals surface area contributed by atoms with Crippen molar-refractivity contribution >= 4 is 29.4 Å². The number of hydrogen-bond acceptors (Lipinski definition) is 6. The van der Waals surface area contributed by atoms with E-state index in [4.69, 9.17) is 9.15 Å². The number of hydrogen-bond donors (Lipinski definition) is 2. The summed E-state index contributed by atoms with van der Waals surface area (Å²) < 4.78 is 11.1. The van der Waals surface area contributed by atoms with Crippen molar-refractivity contribution in [1.82, 2.24) is 10.6 Å². The molecule has 3 atom stereocenters. The Balaban J connectivity index is 1.66. The molecular weight excluding hydrogens is 500 g/mol. The SMILES string of the molecule is CC(C)CC(NC(=O)[C@H](C)Oc1ccccc1)C(=O)N[C@@H](Cc1ccccc1)C(=O)CSCc1ccco1. The average Bonchev–Trinajstić information content (AvgIpc) is 3.42. The number of furan rings is 1. The van der Waals surface area contributed by atoms with Gasteiger partial charge in [-0.1, -0.05) is 62.4 Å². The van der Waals surface area contributed by atoms with Gasteiger partial charge in [0.25, 0.3) is 5.91 Å². The smallest absolute Gasteiger partial charge is 0.261 e. The minimum absolute atomic E-state index is 0.0887. The van der Waals surface area contributed by atoms with E-state index < -0.39 is 24.1 Å². The number of ether oxygens (including phenoxy) is 1. The molecule has 1 unspecified atom stereocenters. The van der Waals surface area contributed by atoms with Gasteiger partial charge in [-0.2, -0.15) is 0 Å². The highest BCUT2D eigenvalue weighted by atomic mass is 32.2. The maximum atomic E-state index is 13.4. The van der Waals surface area contributed by atoms with Gasteiger partial charge in [0.15, 0.2) is 11.9 Å². The first-order valence-corrected chi connectivity index (χ1v) is 14.0. The summed E-state index contributed by atoms with van der Waals surface area (Å²) in [5, 5.41) is 5.76. The van der Waals surface area contributed by atoms with Crippen LogP contribution in [-0.4, -0.2) is 41.5 Å². The Morgan fingerprint density at radius 2 is 1.50 bits per heavy atom. The fraction of sp³-hybridized carbons (Fsp3) is 0.367. The zero-order valence-electron chi connectivity index (χ0n) is 22.1. The van der Waals surface area contributed by atoms with Gasteiger partial charge in [0.2, 0.25) is 5.91 Å². The van der Waals surface area contributed by atoms with E-state index in [0.29, 0.717) is 24.3 Å². The minimum Gasteiger partial charge on any atom is -0.481 e. The first-order chi connectivity index (χ1) is 18.3. The molecule has 3 aromatic rings. The fourth-order valence-electron chi connectivity index (χ4n) is 3.86. The third-order valence-corrected chi connectivity index (χ3v) is 6.80. The Labute approximate surface area is 228 Å².